The van der Waals surface area contributed by atoms with Gasteiger partial charge in [-0.3, -0.25) is 4.90 Å². The molecule has 1 aromatic carbocycles. The molecule has 21 heavy (non-hydrogen) atoms. The van der Waals surface area contributed by atoms with E-state index >= 15 is 0 Å². The van der Waals surface area contributed by atoms with E-state index in [4.69, 9.17) is 5.73 Å². The first-order valence-electron chi connectivity index (χ1n) is 8.34. The van der Waals surface area contributed by atoms with Gasteiger partial charge in [0.25, 0.3) is 0 Å². The summed E-state index contributed by atoms with van der Waals surface area (Å²) in [4.78, 5) is 2.61. The highest BCUT2D eigenvalue weighted by atomic mass is 79.9. The van der Waals surface area contributed by atoms with Crippen LogP contribution in [0, 0.1) is 12.3 Å². The molecule has 1 spiro atoms. The average Bonchev–Trinajstić information content (AvgIpc) is 2.94. The molecule has 1 saturated carbocycles. The van der Waals surface area contributed by atoms with Crippen LogP contribution in [0.4, 0.5) is 0 Å². The number of halogens is 1. The number of hydrogen-bond acceptors (Lipinski definition) is 2. The molecule has 0 amide bonds. The van der Waals surface area contributed by atoms with Gasteiger partial charge in [-0.05, 0) is 68.3 Å². The Bertz CT molecular complexity index is 484. The second kappa shape index (κ2) is 6.39. The second-order valence-electron chi connectivity index (χ2n) is 7.00. The van der Waals surface area contributed by atoms with Crippen LogP contribution in [0.25, 0.3) is 0 Å². The summed E-state index contributed by atoms with van der Waals surface area (Å²) in [5.74, 6) is 0. The molecule has 1 aromatic rings. The standard InChI is InChI=1S/C18H27BrN2/c1-14-4-5-15(12-16(14)19)17(13-20)21-10-8-18(9-11-21)6-2-3-7-18/h4-5,12,17H,2-3,6-11,13,20H2,1H3. The fourth-order valence-corrected chi connectivity index (χ4v) is 4.64. The van der Waals surface area contributed by atoms with Crippen molar-refractivity contribution < 1.29 is 0 Å². The van der Waals surface area contributed by atoms with E-state index < -0.39 is 0 Å². The number of nitrogens with two attached hydrogens (primary N) is 1. The smallest absolute Gasteiger partial charge is 0.0470 e. The summed E-state index contributed by atoms with van der Waals surface area (Å²) in [5, 5.41) is 0. The van der Waals surface area contributed by atoms with Crippen molar-refractivity contribution in [1.82, 2.24) is 4.90 Å². The Labute approximate surface area is 137 Å². The molecule has 0 bridgehead atoms. The molecule has 1 saturated heterocycles. The van der Waals surface area contributed by atoms with Gasteiger partial charge in [-0.25, -0.2) is 0 Å². The third kappa shape index (κ3) is 3.20. The fourth-order valence-electron chi connectivity index (χ4n) is 4.25. The lowest BCUT2D eigenvalue weighted by molar-refractivity contribution is 0.0780. The van der Waals surface area contributed by atoms with Gasteiger partial charge >= 0.3 is 0 Å². The number of nitrogens with zero attached hydrogens (tertiary/aromatic N) is 1. The quantitative estimate of drug-likeness (QED) is 0.874. The van der Waals surface area contributed by atoms with Crippen LogP contribution in [0.3, 0.4) is 0 Å². The first-order valence-corrected chi connectivity index (χ1v) is 9.13. The number of benzene rings is 1. The van der Waals surface area contributed by atoms with Crippen LogP contribution in [0.5, 0.6) is 0 Å². The molecule has 1 aliphatic heterocycles. The van der Waals surface area contributed by atoms with Gasteiger partial charge in [0.2, 0.25) is 0 Å². The Kier molecular flexibility index (Phi) is 4.72. The van der Waals surface area contributed by atoms with Crippen LogP contribution in [-0.4, -0.2) is 24.5 Å². The van der Waals surface area contributed by atoms with Crippen LogP contribution in [0.1, 0.15) is 55.7 Å². The van der Waals surface area contributed by atoms with E-state index in [1.54, 1.807) is 0 Å². The highest BCUT2D eigenvalue weighted by Crippen LogP contribution is 2.47. The summed E-state index contributed by atoms with van der Waals surface area (Å²) in [7, 11) is 0. The summed E-state index contributed by atoms with van der Waals surface area (Å²) in [6.07, 6.45) is 8.57. The molecular formula is C18H27BrN2. The minimum atomic E-state index is 0.376. The SMILES string of the molecule is Cc1ccc(C(CN)N2CCC3(CCCC3)CC2)cc1Br. The van der Waals surface area contributed by atoms with Gasteiger partial charge in [0.05, 0.1) is 0 Å². The van der Waals surface area contributed by atoms with Gasteiger partial charge in [0.1, 0.15) is 0 Å². The zero-order valence-electron chi connectivity index (χ0n) is 13.1. The maximum atomic E-state index is 6.11. The Morgan fingerprint density at radius 3 is 2.43 bits per heavy atom. The first-order chi connectivity index (χ1) is 10.1. The van der Waals surface area contributed by atoms with E-state index in [0.717, 1.165) is 0 Å². The molecular weight excluding hydrogens is 324 g/mol. The van der Waals surface area contributed by atoms with Crippen molar-refractivity contribution in [2.24, 2.45) is 11.1 Å². The Balaban J connectivity index is 1.70. The second-order valence-corrected chi connectivity index (χ2v) is 7.86. The van der Waals surface area contributed by atoms with Crippen LogP contribution >= 0.6 is 15.9 Å². The van der Waals surface area contributed by atoms with Gasteiger partial charge in [0, 0.05) is 17.1 Å². The number of aryl methyl sites for hydroxylation is 1. The Hall–Kier alpha value is -0.380. The molecule has 1 atom stereocenters. The molecule has 116 valence electrons. The molecule has 3 heteroatoms. The van der Waals surface area contributed by atoms with Crippen molar-refractivity contribution in [2.45, 2.75) is 51.5 Å². The topological polar surface area (TPSA) is 29.3 Å². The summed E-state index contributed by atoms with van der Waals surface area (Å²) in [6, 6.07) is 7.08. The molecule has 1 heterocycles. The van der Waals surface area contributed by atoms with Crippen molar-refractivity contribution >= 4 is 15.9 Å². The van der Waals surface area contributed by atoms with Crippen LogP contribution < -0.4 is 5.73 Å². The van der Waals surface area contributed by atoms with Gasteiger partial charge in [0.15, 0.2) is 0 Å². The molecule has 2 aliphatic rings. The average molecular weight is 351 g/mol. The van der Waals surface area contributed by atoms with Crippen molar-refractivity contribution in [1.29, 1.82) is 0 Å². The number of likely N-dealkylation sites (tertiary alicyclic amines) is 1. The van der Waals surface area contributed by atoms with E-state index in [-0.39, 0.29) is 0 Å². The first kappa shape index (κ1) is 15.5. The molecule has 1 unspecified atom stereocenters. The van der Waals surface area contributed by atoms with Crippen molar-refractivity contribution in [2.75, 3.05) is 19.6 Å². The molecule has 0 radical (unpaired) electrons. The van der Waals surface area contributed by atoms with E-state index in [1.165, 1.54) is 67.2 Å². The van der Waals surface area contributed by atoms with Crippen LogP contribution in [0.2, 0.25) is 0 Å². The van der Waals surface area contributed by atoms with Crippen molar-refractivity contribution in [3.63, 3.8) is 0 Å². The molecule has 2 N–H and O–H groups in total. The lowest BCUT2D eigenvalue weighted by Crippen LogP contribution is -2.43. The normalized spacial score (nSPS) is 23.6. The van der Waals surface area contributed by atoms with E-state index in [0.29, 0.717) is 18.0 Å². The fraction of sp³-hybridized carbons (Fsp3) is 0.667. The zero-order chi connectivity index (χ0) is 14.9. The highest BCUT2D eigenvalue weighted by Gasteiger charge is 2.38. The predicted molar refractivity (Wildman–Crippen MR) is 92.4 cm³/mol. The van der Waals surface area contributed by atoms with Crippen molar-refractivity contribution in [3.05, 3.63) is 33.8 Å². The Morgan fingerprint density at radius 2 is 1.86 bits per heavy atom. The van der Waals surface area contributed by atoms with Gasteiger partial charge in [-0.2, -0.15) is 0 Å². The number of rotatable bonds is 3. The zero-order valence-corrected chi connectivity index (χ0v) is 14.7. The van der Waals surface area contributed by atoms with E-state index in [2.05, 4.69) is 46.0 Å². The third-order valence-corrected chi connectivity index (χ3v) is 6.62. The van der Waals surface area contributed by atoms with Gasteiger partial charge in [-0.15, -0.1) is 0 Å². The summed E-state index contributed by atoms with van der Waals surface area (Å²) in [6.45, 7) is 5.28. The molecule has 3 rings (SSSR count). The van der Waals surface area contributed by atoms with Crippen LogP contribution in [-0.2, 0) is 0 Å². The monoisotopic (exact) mass is 350 g/mol. The maximum Gasteiger partial charge on any atom is 0.0470 e. The minimum Gasteiger partial charge on any atom is -0.329 e. The Morgan fingerprint density at radius 1 is 1.19 bits per heavy atom. The largest absolute Gasteiger partial charge is 0.329 e. The molecule has 2 nitrogen and oxygen atoms in total. The van der Waals surface area contributed by atoms with Crippen LogP contribution in [0.15, 0.2) is 22.7 Å². The number of piperidine rings is 1. The lowest BCUT2D eigenvalue weighted by Gasteiger charge is -2.42. The summed E-state index contributed by atoms with van der Waals surface area (Å²) >= 11 is 3.66. The molecule has 0 aromatic heterocycles. The van der Waals surface area contributed by atoms with E-state index in [1.807, 2.05) is 0 Å². The summed E-state index contributed by atoms with van der Waals surface area (Å²) in [5.41, 5.74) is 9.44. The van der Waals surface area contributed by atoms with E-state index in [9.17, 15) is 0 Å². The summed E-state index contributed by atoms with van der Waals surface area (Å²) < 4.78 is 1.20. The maximum absolute atomic E-state index is 6.11. The third-order valence-electron chi connectivity index (χ3n) is 5.77. The van der Waals surface area contributed by atoms with Crippen molar-refractivity contribution in [3.8, 4) is 0 Å². The lowest BCUT2D eigenvalue weighted by atomic mass is 9.76. The van der Waals surface area contributed by atoms with Gasteiger partial charge in [-0.1, -0.05) is 40.9 Å². The van der Waals surface area contributed by atoms with Gasteiger partial charge < -0.3 is 5.73 Å². The molecule has 2 fully saturated rings. The highest BCUT2D eigenvalue weighted by molar-refractivity contribution is 9.10. The molecule has 1 aliphatic carbocycles. The predicted octanol–water partition coefficient (Wildman–Crippen LogP) is 4.41. The minimum absolute atomic E-state index is 0.376. The number of hydrogen-bond donors (Lipinski definition) is 1.